The van der Waals surface area contributed by atoms with Crippen LogP contribution in [-0.2, 0) is 6.54 Å². The van der Waals surface area contributed by atoms with Crippen LogP contribution in [0.15, 0.2) is 18.3 Å². The topological polar surface area (TPSA) is 28.2 Å². The fourth-order valence-electron chi connectivity index (χ4n) is 2.43. The number of pyridine rings is 1. The first-order chi connectivity index (χ1) is 9.61. The third-order valence-corrected chi connectivity index (χ3v) is 5.11. The summed E-state index contributed by atoms with van der Waals surface area (Å²) in [6, 6.07) is 4.39. The second kappa shape index (κ2) is 7.32. The Hall–Kier alpha value is -0.740. The molecular formula is C16H27N3S. The Morgan fingerprint density at radius 3 is 3.05 bits per heavy atom. The molecule has 20 heavy (non-hydrogen) atoms. The van der Waals surface area contributed by atoms with Crippen LogP contribution in [0.5, 0.6) is 0 Å². The molecule has 1 fully saturated rings. The lowest BCUT2D eigenvalue weighted by molar-refractivity contribution is 0.636. The van der Waals surface area contributed by atoms with Crippen molar-refractivity contribution in [2.75, 3.05) is 30.3 Å². The minimum atomic E-state index is 0.410. The van der Waals surface area contributed by atoms with Crippen LogP contribution in [-0.4, -0.2) is 35.1 Å². The van der Waals surface area contributed by atoms with Crippen LogP contribution in [0.4, 0.5) is 5.69 Å². The molecule has 112 valence electrons. The van der Waals surface area contributed by atoms with E-state index in [1.54, 1.807) is 0 Å². The van der Waals surface area contributed by atoms with E-state index in [1.165, 1.54) is 17.9 Å². The minimum Gasteiger partial charge on any atom is -0.371 e. The number of hydrogen-bond donors (Lipinski definition) is 1. The summed E-state index contributed by atoms with van der Waals surface area (Å²) < 4.78 is 0.410. The van der Waals surface area contributed by atoms with Gasteiger partial charge in [-0.05, 0) is 31.5 Å². The summed E-state index contributed by atoms with van der Waals surface area (Å²) in [7, 11) is 0. The lowest BCUT2D eigenvalue weighted by Gasteiger charge is -2.24. The van der Waals surface area contributed by atoms with Gasteiger partial charge in [-0.25, -0.2) is 0 Å². The Morgan fingerprint density at radius 1 is 1.40 bits per heavy atom. The highest BCUT2D eigenvalue weighted by Gasteiger charge is 2.23. The average Bonchev–Trinajstić information content (AvgIpc) is 2.60. The number of anilines is 1. The normalized spacial score (nSPS) is 18.9. The zero-order valence-corrected chi connectivity index (χ0v) is 13.8. The maximum Gasteiger partial charge on any atom is 0.0562 e. The van der Waals surface area contributed by atoms with Gasteiger partial charge in [0.1, 0.15) is 0 Å². The maximum absolute atomic E-state index is 4.46. The fraction of sp³-hybridized carbons (Fsp3) is 0.688. The summed E-state index contributed by atoms with van der Waals surface area (Å²) in [5.74, 6) is 1.21. The smallest absolute Gasteiger partial charge is 0.0562 e. The lowest BCUT2D eigenvalue weighted by Crippen LogP contribution is -2.27. The van der Waals surface area contributed by atoms with Gasteiger partial charge in [0.05, 0.1) is 5.69 Å². The molecule has 1 aliphatic rings. The predicted octanol–water partition coefficient (Wildman–Crippen LogP) is 3.30. The molecule has 2 heterocycles. The Bertz CT molecular complexity index is 420. The molecule has 3 nitrogen and oxygen atoms in total. The number of nitrogens with one attached hydrogen (secondary N) is 1. The minimum absolute atomic E-state index is 0.410. The largest absolute Gasteiger partial charge is 0.371 e. The number of nitrogens with zero attached hydrogens (tertiary/aromatic N) is 2. The van der Waals surface area contributed by atoms with E-state index in [4.69, 9.17) is 0 Å². The van der Waals surface area contributed by atoms with Crippen LogP contribution in [0.1, 0.15) is 39.3 Å². The molecule has 0 spiro atoms. The maximum atomic E-state index is 4.46. The summed E-state index contributed by atoms with van der Waals surface area (Å²) in [4.78, 5) is 6.97. The van der Waals surface area contributed by atoms with Crippen molar-refractivity contribution in [3.63, 3.8) is 0 Å². The number of thioether (sulfide) groups is 1. The van der Waals surface area contributed by atoms with Crippen LogP contribution >= 0.6 is 11.8 Å². The van der Waals surface area contributed by atoms with E-state index in [9.17, 15) is 0 Å². The summed E-state index contributed by atoms with van der Waals surface area (Å²) in [6.45, 7) is 11.1. The zero-order chi connectivity index (χ0) is 14.4. The van der Waals surface area contributed by atoms with Crippen LogP contribution < -0.4 is 10.2 Å². The Kier molecular flexibility index (Phi) is 5.73. The van der Waals surface area contributed by atoms with Gasteiger partial charge in [0.25, 0.3) is 0 Å². The highest BCUT2D eigenvalue weighted by atomic mass is 32.2. The van der Waals surface area contributed by atoms with Crippen molar-refractivity contribution in [3.05, 3.63) is 24.0 Å². The standard InChI is InChI=1S/C16H27N3S/c1-4-7-17-13-14-12-15(5-8-18-14)19-9-6-16(2,3)20-11-10-19/h5,8,12,17H,4,6-7,9-11,13H2,1-3H3. The first-order valence-corrected chi connectivity index (χ1v) is 8.64. The van der Waals surface area contributed by atoms with Crippen molar-refractivity contribution in [3.8, 4) is 0 Å². The summed E-state index contributed by atoms with van der Waals surface area (Å²) >= 11 is 2.09. The third-order valence-electron chi connectivity index (χ3n) is 3.74. The van der Waals surface area contributed by atoms with E-state index in [0.717, 1.165) is 38.3 Å². The van der Waals surface area contributed by atoms with Crippen LogP contribution in [0.25, 0.3) is 0 Å². The van der Waals surface area contributed by atoms with E-state index in [-0.39, 0.29) is 0 Å². The monoisotopic (exact) mass is 293 g/mol. The van der Waals surface area contributed by atoms with Gasteiger partial charge < -0.3 is 10.2 Å². The van der Waals surface area contributed by atoms with Crippen molar-refractivity contribution in [2.45, 2.75) is 44.9 Å². The van der Waals surface area contributed by atoms with Crippen molar-refractivity contribution >= 4 is 17.4 Å². The van der Waals surface area contributed by atoms with Crippen molar-refractivity contribution in [2.24, 2.45) is 0 Å². The Balaban J connectivity index is 1.99. The van der Waals surface area contributed by atoms with E-state index < -0.39 is 0 Å². The molecule has 0 bridgehead atoms. The molecule has 4 heteroatoms. The van der Waals surface area contributed by atoms with Gasteiger partial charge in [-0.3, -0.25) is 4.98 Å². The Morgan fingerprint density at radius 2 is 2.25 bits per heavy atom. The molecule has 1 saturated heterocycles. The highest BCUT2D eigenvalue weighted by Crippen LogP contribution is 2.32. The highest BCUT2D eigenvalue weighted by molar-refractivity contribution is 8.00. The second-order valence-corrected chi connectivity index (χ2v) is 7.83. The second-order valence-electron chi connectivity index (χ2n) is 6.03. The number of aromatic nitrogens is 1. The SMILES string of the molecule is CCCNCc1cc(N2CCSC(C)(C)CC2)ccn1. The van der Waals surface area contributed by atoms with E-state index in [0.29, 0.717) is 4.75 Å². The quantitative estimate of drug-likeness (QED) is 0.843. The van der Waals surface area contributed by atoms with Crippen LogP contribution in [0, 0.1) is 0 Å². The molecule has 1 aromatic heterocycles. The molecule has 0 aromatic carbocycles. The fourth-order valence-corrected chi connectivity index (χ4v) is 3.53. The van der Waals surface area contributed by atoms with Crippen molar-refractivity contribution in [1.82, 2.24) is 10.3 Å². The number of rotatable bonds is 5. The summed E-state index contributed by atoms with van der Waals surface area (Å²) in [5.41, 5.74) is 2.47. The van der Waals surface area contributed by atoms with E-state index in [2.05, 4.69) is 59.9 Å². The van der Waals surface area contributed by atoms with Gasteiger partial charge in [0, 0.05) is 42.0 Å². The van der Waals surface area contributed by atoms with Crippen LogP contribution in [0.3, 0.4) is 0 Å². The summed E-state index contributed by atoms with van der Waals surface area (Å²) in [6.07, 6.45) is 4.35. The van der Waals surface area contributed by atoms with E-state index >= 15 is 0 Å². The van der Waals surface area contributed by atoms with Crippen molar-refractivity contribution < 1.29 is 0 Å². The molecule has 1 aromatic rings. The molecule has 0 amide bonds. The van der Waals surface area contributed by atoms with Gasteiger partial charge in [-0.15, -0.1) is 0 Å². The van der Waals surface area contributed by atoms with Crippen molar-refractivity contribution in [1.29, 1.82) is 0 Å². The Labute approximate surface area is 127 Å². The summed E-state index contributed by atoms with van der Waals surface area (Å²) in [5, 5.41) is 3.42. The molecule has 0 radical (unpaired) electrons. The first-order valence-electron chi connectivity index (χ1n) is 7.65. The lowest BCUT2D eigenvalue weighted by atomic mass is 10.1. The van der Waals surface area contributed by atoms with E-state index in [1.807, 2.05) is 6.20 Å². The molecule has 0 saturated carbocycles. The average molecular weight is 293 g/mol. The molecule has 0 atom stereocenters. The van der Waals surface area contributed by atoms with Gasteiger partial charge >= 0.3 is 0 Å². The van der Waals surface area contributed by atoms with Gasteiger partial charge in [-0.2, -0.15) is 11.8 Å². The van der Waals surface area contributed by atoms with Gasteiger partial charge in [0.15, 0.2) is 0 Å². The molecule has 2 rings (SSSR count). The third kappa shape index (κ3) is 4.67. The first kappa shape index (κ1) is 15.6. The van der Waals surface area contributed by atoms with Gasteiger partial charge in [-0.1, -0.05) is 20.8 Å². The molecule has 1 N–H and O–H groups in total. The zero-order valence-electron chi connectivity index (χ0n) is 13.0. The van der Waals surface area contributed by atoms with Crippen LogP contribution in [0.2, 0.25) is 0 Å². The molecule has 0 unspecified atom stereocenters. The molecular weight excluding hydrogens is 266 g/mol. The molecule has 1 aliphatic heterocycles. The number of hydrogen-bond acceptors (Lipinski definition) is 4. The predicted molar refractivity (Wildman–Crippen MR) is 89.6 cm³/mol. The molecule has 0 aliphatic carbocycles. The van der Waals surface area contributed by atoms with Gasteiger partial charge in [0.2, 0.25) is 0 Å².